The van der Waals surface area contributed by atoms with Gasteiger partial charge in [0.15, 0.2) is 0 Å². The van der Waals surface area contributed by atoms with E-state index in [2.05, 4.69) is 37.2 Å². The van der Waals surface area contributed by atoms with E-state index in [0.29, 0.717) is 6.54 Å². The standard InChI is InChI=1S/C14H12Br2FN/c1-9-2-4-12(17)6-10(9)8-18-14-7-11(15)3-5-13(14)16/h2-7,18H,8H2,1H3. The third-order valence-corrected chi connectivity index (χ3v) is 3.89. The maximum Gasteiger partial charge on any atom is 0.123 e. The van der Waals surface area contributed by atoms with Crippen LogP contribution in [-0.4, -0.2) is 0 Å². The highest BCUT2D eigenvalue weighted by Gasteiger charge is 2.03. The van der Waals surface area contributed by atoms with Gasteiger partial charge in [0.25, 0.3) is 0 Å². The fourth-order valence-electron chi connectivity index (χ4n) is 1.65. The van der Waals surface area contributed by atoms with Crippen molar-refractivity contribution in [3.05, 3.63) is 62.3 Å². The highest BCUT2D eigenvalue weighted by atomic mass is 79.9. The average Bonchev–Trinajstić information content (AvgIpc) is 2.34. The van der Waals surface area contributed by atoms with E-state index in [-0.39, 0.29) is 5.82 Å². The van der Waals surface area contributed by atoms with Crippen molar-refractivity contribution in [3.63, 3.8) is 0 Å². The summed E-state index contributed by atoms with van der Waals surface area (Å²) in [5, 5.41) is 3.29. The Hall–Kier alpha value is -0.870. The molecular formula is C14H12Br2FN. The van der Waals surface area contributed by atoms with E-state index in [1.807, 2.05) is 25.1 Å². The van der Waals surface area contributed by atoms with Gasteiger partial charge in [-0.3, -0.25) is 0 Å². The lowest BCUT2D eigenvalue weighted by molar-refractivity contribution is 0.625. The minimum atomic E-state index is -0.203. The van der Waals surface area contributed by atoms with Gasteiger partial charge in [-0.15, -0.1) is 0 Å². The Balaban J connectivity index is 2.16. The number of nitrogens with one attached hydrogen (secondary N) is 1. The zero-order chi connectivity index (χ0) is 13.1. The summed E-state index contributed by atoms with van der Waals surface area (Å²) in [4.78, 5) is 0. The molecule has 0 radical (unpaired) electrons. The Bertz CT molecular complexity index is 518. The molecule has 0 heterocycles. The van der Waals surface area contributed by atoms with E-state index in [4.69, 9.17) is 0 Å². The van der Waals surface area contributed by atoms with E-state index >= 15 is 0 Å². The molecule has 2 aromatic rings. The summed E-state index contributed by atoms with van der Waals surface area (Å²) in [6, 6.07) is 10.7. The quantitative estimate of drug-likeness (QED) is 0.773. The number of aryl methyl sites for hydroxylation is 1. The minimum absolute atomic E-state index is 0.203. The van der Waals surface area contributed by atoms with Gasteiger partial charge in [-0.25, -0.2) is 4.39 Å². The van der Waals surface area contributed by atoms with Crippen molar-refractivity contribution in [1.29, 1.82) is 0 Å². The molecular weight excluding hydrogens is 361 g/mol. The maximum absolute atomic E-state index is 13.2. The van der Waals surface area contributed by atoms with Gasteiger partial charge in [-0.1, -0.05) is 22.0 Å². The Morgan fingerprint density at radius 3 is 2.67 bits per heavy atom. The molecule has 0 aliphatic heterocycles. The van der Waals surface area contributed by atoms with Crippen molar-refractivity contribution in [2.45, 2.75) is 13.5 Å². The number of halogens is 3. The molecule has 2 rings (SSSR count). The summed E-state index contributed by atoms with van der Waals surface area (Å²) >= 11 is 6.91. The van der Waals surface area contributed by atoms with Gasteiger partial charge in [0.2, 0.25) is 0 Å². The van der Waals surface area contributed by atoms with Gasteiger partial charge in [0.1, 0.15) is 5.82 Å². The van der Waals surface area contributed by atoms with Crippen LogP contribution in [0.5, 0.6) is 0 Å². The molecule has 0 atom stereocenters. The van der Waals surface area contributed by atoms with Crippen LogP contribution in [0.3, 0.4) is 0 Å². The molecule has 0 unspecified atom stereocenters. The molecule has 0 aromatic heterocycles. The number of anilines is 1. The third kappa shape index (κ3) is 3.33. The molecule has 4 heteroatoms. The predicted molar refractivity (Wildman–Crippen MR) is 80.3 cm³/mol. The summed E-state index contributed by atoms with van der Waals surface area (Å²) < 4.78 is 15.2. The first kappa shape index (κ1) is 13.6. The van der Waals surface area contributed by atoms with E-state index in [0.717, 1.165) is 25.8 Å². The topological polar surface area (TPSA) is 12.0 Å². The van der Waals surface area contributed by atoms with Crippen molar-refractivity contribution in [2.75, 3.05) is 5.32 Å². The maximum atomic E-state index is 13.2. The normalized spacial score (nSPS) is 10.4. The average molecular weight is 373 g/mol. The zero-order valence-electron chi connectivity index (χ0n) is 9.81. The molecule has 0 saturated carbocycles. The van der Waals surface area contributed by atoms with Crippen LogP contribution >= 0.6 is 31.9 Å². The minimum Gasteiger partial charge on any atom is -0.380 e. The van der Waals surface area contributed by atoms with Crippen LogP contribution in [0.25, 0.3) is 0 Å². The molecule has 0 bridgehead atoms. The second-order valence-corrected chi connectivity index (χ2v) is 5.82. The summed E-state index contributed by atoms with van der Waals surface area (Å²) in [6.07, 6.45) is 0. The Morgan fingerprint density at radius 1 is 1.11 bits per heavy atom. The summed E-state index contributed by atoms with van der Waals surface area (Å²) in [5.74, 6) is -0.203. The fraction of sp³-hybridized carbons (Fsp3) is 0.143. The largest absolute Gasteiger partial charge is 0.380 e. The Kier molecular flexibility index (Phi) is 4.40. The number of hydrogen-bond donors (Lipinski definition) is 1. The van der Waals surface area contributed by atoms with E-state index < -0.39 is 0 Å². The van der Waals surface area contributed by atoms with Crippen LogP contribution in [0.4, 0.5) is 10.1 Å². The predicted octanol–water partition coefficient (Wildman–Crippen LogP) is 5.27. The van der Waals surface area contributed by atoms with Crippen LogP contribution in [-0.2, 0) is 6.54 Å². The summed E-state index contributed by atoms with van der Waals surface area (Å²) in [5.41, 5.74) is 3.02. The zero-order valence-corrected chi connectivity index (χ0v) is 13.0. The second kappa shape index (κ2) is 5.85. The Morgan fingerprint density at radius 2 is 1.89 bits per heavy atom. The van der Waals surface area contributed by atoms with Crippen LogP contribution in [0.1, 0.15) is 11.1 Å². The van der Waals surface area contributed by atoms with Crippen LogP contribution in [0, 0.1) is 12.7 Å². The lowest BCUT2D eigenvalue weighted by Gasteiger charge is -2.11. The van der Waals surface area contributed by atoms with Gasteiger partial charge in [-0.2, -0.15) is 0 Å². The highest BCUT2D eigenvalue weighted by Crippen LogP contribution is 2.26. The number of hydrogen-bond acceptors (Lipinski definition) is 1. The fourth-order valence-corrected chi connectivity index (χ4v) is 2.40. The van der Waals surface area contributed by atoms with Crippen LogP contribution in [0.15, 0.2) is 45.3 Å². The Labute approximate surface area is 123 Å². The number of benzene rings is 2. The van der Waals surface area contributed by atoms with Crippen molar-refractivity contribution < 1.29 is 4.39 Å². The van der Waals surface area contributed by atoms with Crippen molar-refractivity contribution in [2.24, 2.45) is 0 Å². The molecule has 0 spiro atoms. The SMILES string of the molecule is Cc1ccc(F)cc1CNc1cc(Br)ccc1Br. The lowest BCUT2D eigenvalue weighted by Crippen LogP contribution is -2.02. The molecule has 0 saturated heterocycles. The first-order valence-electron chi connectivity index (χ1n) is 5.50. The molecule has 0 aliphatic rings. The molecule has 0 fully saturated rings. The lowest BCUT2D eigenvalue weighted by atomic mass is 10.1. The molecule has 94 valence electrons. The van der Waals surface area contributed by atoms with E-state index in [1.54, 1.807) is 12.1 Å². The monoisotopic (exact) mass is 371 g/mol. The van der Waals surface area contributed by atoms with Gasteiger partial charge < -0.3 is 5.32 Å². The van der Waals surface area contributed by atoms with Gasteiger partial charge in [-0.05, 0) is 64.3 Å². The second-order valence-electron chi connectivity index (χ2n) is 4.05. The first-order valence-corrected chi connectivity index (χ1v) is 7.09. The molecule has 18 heavy (non-hydrogen) atoms. The van der Waals surface area contributed by atoms with E-state index in [1.165, 1.54) is 6.07 Å². The van der Waals surface area contributed by atoms with Crippen molar-refractivity contribution in [3.8, 4) is 0 Å². The van der Waals surface area contributed by atoms with Crippen LogP contribution < -0.4 is 5.32 Å². The highest BCUT2D eigenvalue weighted by molar-refractivity contribution is 9.11. The number of rotatable bonds is 3. The van der Waals surface area contributed by atoms with Gasteiger partial charge >= 0.3 is 0 Å². The van der Waals surface area contributed by atoms with Gasteiger partial charge in [0, 0.05) is 21.2 Å². The first-order chi connectivity index (χ1) is 8.56. The molecule has 0 aliphatic carbocycles. The van der Waals surface area contributed by atoms with Gasteiger partial charge in [0.05, 0.1) is 0 Å². The third-order valence-electron chi connectivity index (χ3n) is 2.71. The van der Waals surface area contributed by atoms with Crippen molar-refractivity contribution >= 4 is 37.5 Å². The molecule has 1 N–H and O–H groups in total. The molecule has 2 aromatic carbocycles. The molecule has 0 amide bonds. The smallest absolute Gasteiger partial charge is 0.123 e. The molecule has 1 nitrogen and oxygen atoms in total. The van der Waals surface area contributed by atoms with E-state index in [9.17, 15) is 4.39 Å². The van der Waals surface area contributed by atoms with Crippen molar-refractivity contribution in [1.82, 2.24) is 0 Å². The summed E-state index contributed by atoms with van der Waals surface area (Å²) in [6.45, 7) is 2.57. The summed E-state index contributed by atoms with van der Waals surface area (Å²) in [7, 11) is 0. The van der Waals surface area contributed by atoms with Crippen LogP contribution in [0.2, 0.25) is 0 Å².